The zero-order valence-electron chi connectivity index (χ0n) is 13.2. The van der Waals surface area contributed by atoms with Crippen molar-refractivity contribution in [3.05, 3.63) is 47.5 Å². The lowest BCUT2D eigenvalue weighted by molar-refractivity contribution is 0.0664. The molecule has 1 aromatic heterocycles. The average Bonchev–Trinajstić information content (AvgIpc) is 3.08. The highest BCUT2D eigenvalue weighted by Gasteiger charge is 2.41. The predicted molar refractivity (Wildman–Crippen MR) is 83.9 cm³/mol. The van der Waals surface area contributed by atoms with Crippen molar-refractivity contribution in [1.29, 1.82) is 0 Å². The maximum absolute atomic E-state index is 13.0. The molecular weight excluding hydrogens is 292 g/mol. The van der Waals surface area contributed by atoms with Gasteiger partial charge in [-0.15, -0.1) is 10.2 Å². The summed E-state index contributed by atoms with van der Waals surface area (Å²) in [6.07, 6.45) is 2.84. The molecule has 0 saturated carbocycles. The van der Waals surface area contributed by atoms with Gasteiger partial charge in [0.25, 0.3) is 5.91 Å². The number of carbonyl (C=O) groups excluding carboxylic acids is 1. The van der Waals surface area contributed by atoms with Crippen LogP contribution in [0.15, 0.2) is 30.3 Å². The SMILES string of the molecule is COCc1nnc2n1C[C@H]1CC[C@@H](C2)N1C(=O)c1ccccc1. The molecule has 0 radical (unpaired) electrons. The van der Waals surface area contributed by atoms with E-state index in [1.165, 1.54) is 0 Å². The van der Waals surface area contributed by atoms with Gasteiger partial charge in [0.15, 0.2) is 5.82 Å². The molecule has 2 aliphatic rings. The van der Waals surface area contributed by atoms with E-state index in [2.05, 4.69) is 19.7 Å². The van der Waals surface area contributed by atoms with Crippen molar-refractivity contribution < 1.29 is 9.53 Å². The Morgan fingerprint density at radius 2 is 2.00 bits per heavy atom. The molecule has 3 heterocycles. The van der Waals surface area contributed by atoms with Crippen molar-refractivity contribution in [3.63, 3.8) is 0 Å². The van der Waals surface area contributed by atoms with Crippen LogP contribution < -0.4 is 0 Å². The molecule has 120 valence electrons. The first-order chi connectivity index (χ1) is 11.3. The third-order valence-electron chi connectivity index (χ3n) is 4.86. The number of ether oxygens (including phenoxy) is 1. The fourth-order valence-electron chi connectivity index (χ4n) is 3.79. The zero-order valence-corrected chi connectivity index (χ0v) is 13.2. The van der Waals surface area contributed by atoms with Crippen LogP contribution in [0.1, 0.15) is 34.8 Å². The largest absolute Gasteiger partial charge is 0.377 e. The van der Waals surface area contributed by atoms with E-state index in [1.807, 2.05) is 30.3 Å². The fourth-order valence-corrected chi connectivity index (χ4v) is 3.79. The Kier molecular flexibility index (Phi) is 3.61. The van der Waals surface area contributed by atoms with Gasteiger partial charge < -0.3 is 14.2 Å². The van der Waals surface area contributed by atoms with E-state index in [4.69, 9.17) is 4.74 Å². The van der Waals surface area contributed by atoms with Gasteiger partial charge in [0.1, 0.15) is 12.4 Å². The molecule has 23 heavy (non-hydrogen) atoms. The fraction of sp³-hybridized carbons (Fsp3) is 0.471. The molecule has 1 saturated heterocycles. The lowest BCUT2D eigenvalue weighted by Gasteiger charge is -2.28. The number of carbonyl (C=O) groups is 1. The summed E-state index contributed by atoms with van der Waals surface area (Å²) in [6, 6.07) is 9.98. The molecule has 0 spiro atoms. The van der Waals surface area contributed by atoms with Gasteiger partial charge in [0, 0.05) is 31.7 Å². The zero-order chi connectivity index (χ0) is 15.8. The summed E-state index contributed by atoms with van der Waals surface area (Å²) < 4.78 is 7.35. The molecule has 6 heteroatoms. The number of nitrogens with zero attached hydrogens (tertiary/aromatic N) is 4. The average molecular weight is 312 g/mol. The number of amides is 1. The van der Waals surface area contributed by atoms with Crippen molar-refractivity contribution in [1.82, 2.24) is 19.7 Å². The van der Waals surface area contributed by atoms with Crippen molar-refractivity contribution in [2.24, 2.45) is 0 Å². The normalized spacial score (nSPS) is 22.7. The molecule has 4 rings (SSSR count). The summed E-state index contributed by atoms with van der Waals surface area (Å²) >= 11 is 0. The van der Waals surface area contributed by atoms with E-state index in [0.29, 0.717) is 6.61 Å². The number of hydrogen-bond acceptors (Lipinski definition) is 4. The van der Waals surface area contributed by atoms with Gasteiger partial charge >= 0.3 is 0 Å². The number of aromatic nitrogens is 3. The highest BCUT2D eigenvalue weighted by Crippen LogP contribution is 2.32. The second-order valence-corrected chi connectivity index (χ2v) is 6.24. The summed E-state index contributed by atoms with van der Waals surface area (Å²) in [5.41, 5.74) is 0.763. The van der Waals surface area contributed by atoms with E-state index in [-0.39, 0.29) is 18.0 Å². The first kappa shape index (κ1) is 14.4. The number of fused-ring (bicyclic) bond motifs is 3. The first-order valence-electron chi connectivity index (χ1n) is 8.05. The van der Waals surface area contributed by atoms with Gasteiger partial charge in [-0.3, -0.25) is 4.79 Å². The summed E-state index contributed by atoms with van der Waals surface area (Å²) in [5.74, 6) is 1.95. The van der Waals surface area contributed by atoms with Gasteiger partial charge in [0.2, 0.25) is 0 Å². The molecular formula is C17H20N4O2. The van der Waals surface area contributed by atoms with Crippen LogP contribution in [0, 0.1) is 0 Å². The molecule has 0 aliphatic carbocycles. The van der Waals surface area contributed by atoms with Crippen molar-refractivity contribution in [2.45, 2.75) is 44.5 Å². The molecule has 1 aromatic carbocycles. The lowest BCUT2D eigenvalue weighted by Crippen LogP contribution is -2.42. The van der Waals surface area contributed by atoms with Crippen LogP contribution in [0.5, 0.6) is 0 Å². The van der Waals surface area contributed by atoms with Crippen LogP contribution in [0.25, 0.3) is 0 Å². The number of methoxy groups -OCH3 is 1. The van der Waals surface area contributed by atoms with Crippen molar-refractivity contribution >= 4 is 5.91 Å². The van der Waals surface area contributed by atoms with Crippen LogP contribution in [0.2, 0.25) is 0 Å². The number of rotatable bonds is 3. The summed E-state index contributed by atoms with van der Waals surface area (Å²) in [6.45, 7) is 1.22. The van der Waals surface area contributed by atoms with Crippen LogP contribution in [0.3, 0.4) is 0 Å². The number of hydrogen-bond donors (Lipinski definition) is 0. The van der Waals surface area contributed by atoms with E-state index >= 15 is 0 Å². The van der Waals surface area contributed by atoms with E-state index < -0.39 is 0 Å². The molecule has 6 nitrogen and oxygen atoms in total. The number of benzene rings is 1. The summed E-state index contributed by atoms with van der Waals surface area (Å²) in [5, 5.41) is 8.55. The lowest BCUT2D eigenvalue weighted by atomic mass is 10.1. The molecule has 2 bridgehead atoms. The monoisotopic (exact) mass is 312 g/mol. The smallest absolute Gasteiger partial charge is 0.254 e. The Morgan fingerprint density at radius 1 is 1.22 bits per heavy atom. The summed E-state index contributed by atoms with van der Waals surface area (Å²) in [4.78, 5) is 15.0. The van der Waals surface area contributed by atoms with Gasteiger partial charge in [-0.05, 0) is 25.0 Å². The van der Waals surface area contributed by atoms with Gasteiger partial charge in [-0.2, -0.15) is 0 Å². The van der Waals surface area contributed by atoms with Crippen LogP contribution in [-0.4, -0.2) is 44.8 Å². The minimum Gasteiger partial charge on any atom is -0.377 e. The minimum atomic E-state index is 0.130. The van der Waals surface area contributed by atoms with Crippen LogP contribution in [-0.2, 0) is 24.3 Å². The molecule has 0 unspecified atom stereocenters. The van der Waals surface area contributed by atoms with Gasteiger partial charge in [-0.1, -0.05) is 18.2 Å². The van der Waals surface area contributed by atoms with E-state index in [9.17, 15) is 4.79 Å². The molecule has 2 aliphatic heterocycles. The molecule has 2 aromatic rings. The standard InChI is InChI=1S/C17H20N4O2/c1-23-11-16-19-18-15-9-13-7-8-14(10-20(15)16)21(13)17(22)12-5-3-2-4-6-12/h2-6,13-14H,7-11H2,1H3/t13-,14+/m0/s1. The van der Waals surface area contributed by atoms with E-state index in [0.717, 1.165) is 43.0 Å². The predicted octanol–water partition coefficient (Wildman–Crippen LogP) is 1.65. The maximum Gasteiger partial charge on any atom is 0.254 e. The van der Waals surface area contributed by atoms with Gasteiger partial charge in [0.05, 0.1) is 6.04 Å². The molecule has 1 fully saturated rings. The van der Waals surface area contributed by atoms with E-state index in [1.54, 1.807) is 7.11 Å². The molecule has 2 atom stereocenters. The molecule has 0 N–H and O–H groups in total. The van der Waals surface area contributed by atoms with Gasteiger partial charge in [-0.25, -0.2) is 0 Å². The highest BCUT2D eigenvalue weighted by molar-refractivity contribution is 5.94. The Labute approximate surface area is 135 Å². The van der Waals surface area contributed by atoms with Crippen molar-refractivity contribution in [2.75, 3.05) is 7.11 Å². The Balaban J connectivity index is 1.64. The van der Waals surface area contributed by atoms with Crippen LogP contribution in [0.4, 0.5) is 0 Å². The third-order valence-corrected chi connectivity index (χ3v) is 4.86. The third kappa shape index (κ3) is 2.43. The maximum atomic E-state index is 13.0. The van der Waals surface area contributed by atoms with Crippen molar-refractivity contribution in [3.8, 4) is 0 Å². The second kappa shape index (κ2) is 5.77. The Bertz CT molecular complexity index is 713. The molecule has 1 amide bonds. The Hall–Kier alpha value is -2.21. The first-order valence-corrected chi connectivity index (χ1v) is 8.05. The quantitative estimate of drug-likeness (QED) is 0.865. The minimum absolute atomic E-state index is 0.130. The van der Waals surface area contributed by atoms with Crippen LogP contribution >= 0.6 is 0 Å². The summed E-state index contributed by atoms with van der Waals surface area (Å²) in [7, 11) is 1.66. The second-order valence-electron chi connectivity index (χ2n) is 6.24. The topological polar surface area (TPSA) is 60.3 Å². The Morgan fingerprint density at radius 3 is 2.78 bits per heavy atom. The highest BCUT2D eigenvalue weighted by atomic mass is 16.5.